The van der Waals surface area contributed by atoms with E-state index in [1.807, 2.05) is 50.5 Å². The van der Waals surface area contributed by atoms with Crippen molar-refractivity contribution in [1.82, 2.24) is 10.2 Å². The molecule has 152 valence electrons. The lowest BCUT2D eigenvalue weighted by atomic mass is 10.2. The third-order valence-electron chi connectivity index (χ3n) is 3.65. The molecule has 0 bridgehead atoms. The van der Waals surface area contributed by atoms with Gasteiger partial charge in [0.25, 0.3) is 0 Å². The summed E-state index contributed by atoms with van der Waals surface area (Å²) in [6, 6.07) is 11.4. The van der Waals surface area contributed by atoms with Gasteiger partial charge in [0.1, 0.15) is 6.61 Å². The fraction of sp³-hybridized carbons (Fsp3) is 0.368. The molecular weight excluding hydrogens is 430 g/mol. The van der Waals surface area contributed by atoms with Crippen LogP contribution in [0.15, 0.2) is 36.4 Å². The van der Waals surface area contributed by atoms with E-state index >= 15 is 0 Å². The van der Waals surface area contributed by atoms with Crippen molar-refractivity contribution >= 4 is 48.0 Å². The molecule has 0 aliphatic carbocycles. The van der Waals surface area contributed by atoms with Crippen LogP contribution in [0.3, 0.4) is 0 Å². The SMILES string of the molecule is COc1cc(CNCCN(C)C)cc(Cl)c1OCc1ccc(Cl)cc1.Cl.Cl. The molecule has 0 aliphatic rings. The summed E-state index contributed by atoms with van der Waals surface area (Å²) in [4.78, 5) is 2.13. The molecule has 0 aromatic heterocycles. The fourth-order valence-corrected chi connectivity index (χ4v) is 2.70. The summed E-state index contributed by atoms with van der Waals surface area (Å²) in [7, 11) is 5.72. The number of likely N-dealkylation sites (N-methyl/N-ethyl adjacent to an activating group) is 1. The third kappa shape index (κ3) is 8.77. The maximum absolute atomic E-state index is 6.41. The average molecular weight is 456 g/mol. The molecule has 0 saturated carbocycles. The number of nitrogens with zero attached hydrogens (tertiary/aromatic N) is 1. The van der Waals surface area contributed by atoms with E-state index in [4.69, 9.17) is 32.7 Å². The second kappa shape index (κ2) is 13.3. The summed E-state index contributed by atoms with van der Waals surface area (Å²) >= 11 is 12.3. The highest BCUT2D eigenvalue weighted by Gasteiger charge is 2.12. The van der Waals surface area contributed by atoms with E-state index in [1.54, 1.807) is 7.11 Å². The fourth-order valence-electron chi connectivity index (χ4n) is 2.29. The summed E-state index contributed by atoms with van der Waals surface area (Å²) < 4.78 is 11.3. The Morgan fingerprint density at radius 1 is 1.00 bits per heavy atom. The molecule has 2 aromatic carbocycles. The number of nitrogens with one attached hydrogen (secondary N) is 1. The Morgan fingerprint density at radius 2 is 1.67 bits per heavy atom. The first-order valence-electron chi connectivity index (χ1n) is 8.08. The van der Waals surface area contributed by atoms with Crippen molar-refractivity contribution in [1.29, 1.82) is 0 Å². The molecule has 8 heteroatoms. The van der Waals surface area contributed by atoms with Gasteiger partial charge in [0.15, 0.2) is 11.5 Å². The molecule has 0 amide bonds. The Morgan fingerprint density at radius 3 is 2.26 bits per heavy atom. The van der Waals surface area contributed by atoms with Crippen LogP contribution in [0.2, 0.25) is 10.0 Å². The van der Waals surface area contributed by atoms with Gasteiger partial charge >= 0.3 is 0 Å². The van der Waals surface area contributed by atoms with Crippen LogP contribution in [0.5, 0.6) is 11.5 Å². The average Bonchev–Trinajstić information content (AvgIpc) is 2.58. The Kier molecular flexibility index (Phi) is 12.9. The first-order valence-corrected chi connectivity index (χ1v) is 8.84. The monoisotopic (exact) mass is 454 g/mol. The Labute approximate surface area is 183 Å². The summed E-state index contributed by atoms with van der Waals surface area (Å²) in [5, 5.41) is 4.62. The van der Waals surface area contributed by atoms with E-state index in [-0.39, 0.29) is 24.8 Å². The van der Waals surface area contributed by atoms with Crippen molar-refractivity contribution in [2.75, 3.05) is 34.3 Å². The van der Waals surface area contributed by atoms with E-state index in [0.717, 1.165) is 30.8 Å². The topological polar surface area (TPSA) is 33.7 Å². The zero-order valence-corrected chi connectivity index (χ0v) is 18.8. The van der Waals surface area contributed by atoms with Crippen molar-refractivity contribution < 1.29 is 9.47 Å². The number of hydrogen-bond acceptors (Lipinski definition) is 4. The van der Waals surface area contributed by atoms with Crippen molar-refractivity contribution in [3.63, 3.8) is 0 Å². The van der Waals surface area contributed by atoms with Crippen molar-refractivity contribution in [3.05, 3.63) is 57.6 Å². The minimum atomic E-state index is 0. The number of methoxy groups -OCH3 is 1. The van der Waals surface area contributed by atoms with Crippen molar-refractivity contribution in [2.24, 2.45) is 0 Å². The first-order chi connectivity index (χ1) is 12.0. The minimum absolute atomic E-state index is 0. The lowest BCUT2D eigenvalue weighted by Crippen LogP contribution is -2.26. The van der Waals surface area contributed by atoms with Gasteiger partial charge in [-0.3, -0.25) is 0 Å². The number of benzene rings is 2. The number of halogens is 4. The Hall–Kier alpha value is -0.880. The predicted octanol–water partition coefficient (Wildman–Crippen LogP) is 5.08. The predicted molar refractivity (Wildman–Crippen MR) is 119 cm³/mol. The van der Waals surface area contributed by atoms with Gasteiger partial charge in [0.2, 0.25) is 0 Å². The van der Waals surface area contributed by atoms with Gasteiger partial charge in [-0.05, 0) is 49.5 Å². The maximum atomic E-state index is 6.41. The van der Waals surface area contributed by atoms with Crippen LogP contribution in [0.1, 0.15) is 11.1 Å². The normalized spacial score (nSPS) is 10.1. The molecule has 0 spiro atoms. The van der Waals surface area contributed by atoms with Gasteiger partial charge in [0.05, 0.1) is 12.1 Å². The molecule has 0 fully saturated rings. The lowest BCUT2D eigenvalue weighted by Gasteiger charge is -2.15. The quantitative estimate of drug-likeness (QED) is 0.534. The van der Waals surface area contributed by atoms with E-state index in [2.05, 4.69) is 10.2 Å². The lowest BCUT2D eigenvalue weighted by molar-refractivity contribution is 0.284. The molecule has 2 rings (SSSR count). The molecule has 0 unspecified atom stereocenters. The van der Waals surface area contributed by atoms with Crippen molar-refractivity contribution in [3.8, 4) is 11.5 Å². The highest BCUT2D eigenvalue weighted by atomic mass is 35.5. The van der Waals surface area contributed by atoms with E-state index in [0.29, 0.717) is 28.2 Å². The molecule has 4 nitrogen and oxygen atoms in total. The molecule has 27 heavy (non-hydrogen) atoms. The molecule has 0 radical (unpaired) electrons. The van der Waals surface area contributed by atoms with E-state index in [9.17, 15) is 0 Å². The second-order valence-electron chi connectivity index (χ2n) is 6.00. The van der Waals surface area contributed by atoms with Crippen LogP contribution in [0.25, 0.3) is 0 Å². The summed E-state index contributed by atoms with van der Waals surface area (Å²) in [5.41, 5.74) is 2.07. The maximum Gasteiger partial charge on any atom is 0.180 e. The Balaban J connectivity index is 0.00000338. The van der Waals surface area contributed by atoms with Gasteiger partial charge in [0, 0.05) is 24.7 Å². The highest BCUT2D eigenvalue weighted by Crippen LogP contribution is 2.37. The van der Waals surface area contributed by atoms with Gasteiger partial charge in [-0.1, -0.05) is 35.3 Å². The summed E-state index contributed by atoms with van der Waals surface area (Å²) in [6.07, 6.45) is 0. The minimum Gasteiger partial charge on any atom is -0.493 e. The molecule has 0 heterocycles. The molecule has 0 atom stereocenters. The number of hydrogen-bond donors (Lipinski definition) is 1. The van der Waals surface area contributed by atoms with Gasteiger partial charge in [-0.25, -0.2) is 0 Å². The number of rotatable bonds is 9. The first kappa shape index (κ1) is 26.1. The van der Waals surface area contributed by atoms with E-state index < -0.39 is 0 Å². The van der Waals surface area contributed by atoms with Crippen LogP contribution in [0.4, 0.5) is 0 Å². The summed E-state index contributed by atoms with van der Waals surface area (Å²) in [6.45, 7) is 3.00. The molecular formula is C19H26Cl4N2O2. The molecule has 0 aliphatic heterocycles. The third-order valence-corrected chi connectivity index (χ3v) is 4.18. The molecule has 1 N–H and O–H groups in total. The highest BCUT2D eigenvalue weighted by molar-refractivity contribution is 6.32. The summed E-state index contributed by atoms with van der Waals surface area (Å²) in [5.74, 6) is 1.18. The van der Waals surface area contributed by atoms with Crippen LogP contribution < -0.4 is 14.8 Å². The zero-order chi connectivity index (χ0) is 18.2. The van der Waals surface area contributed by atoms with Gasteiger partial charge in [-0.2, -0.15) is 0 Å². The van der Waals surface area contributed by atoms with Gasteiger partial charge in [-0.15, -0.1) is 24.8 Å². The largest absolute Gasteiger partial charge is 0.493 e. The van der Waals surface area contributed by atoms with Crippen LogP contribution in [-0.4, -0.2) is 39.2 Å². The number of ether oxygens (including phenoxy) is 2. The zero-order valence-electron chi connectivity index (χ0n) is 15.6. The van der Waals surface area contributed by atoms with Crippen LogP contribution >= 0.6 is 48.0 Å². The van der Waals surface area contributed by atoms with Crippen LogP contribution in [-0.2, 0) is 13.2 Å². The Bertz CT molecular complexity index is 682. The van der Waals surface area contributed by atoms with E-state index in [1.165, 1.54) is 0 Å². The van der Waals surface area contributed by atoms with Crippen LogP contribution in [0, 0.1) is 0 Å². The second-order valence-corrected chi connectivity index (χ2v) is 6.85. The standard InChI is InChI=1S/C19H24Cl2N2O2.2ClH/c1-23(2)9-8-22-12-15-10-17(21)19(18(11-15)24-3)25-13-14-4-6-16(20)7-5-14;;/h4-7,10-11,22H,8-9,12-13H2,1-3H3;2*1H. The van der Waals surface area contributed by atoms with Gasteiger partial charge < -0.3 is 19.7 Å². The van der Waals surface area contributed by atoms with Crippen molar-refractivity contribution in [2.45, 2.75) is 13.2 Å². The smallest absolute Gasteiger partial charge is 0.180 e. The molecule has 0 saturated heterocycles. The molecule has 2 aromatic rings.